The molecule has 1 rings (SSSR count). The van der Waals surface area contributed by atoms with Crippen molar-refractivity contribution in [1.82, 2.24) is 4.31 Å². The molecule has 0 aliphatic rings. The van der Waals surface area contributed by atoms with Crippen molar-refractivity contribution in [3.05, 3.63) is 29.8 Å². The summed E-state index contributed by atoms with van der Waals surface area (Å²) < 4.78 is 28.0. The number of aryl methyl sites for hydroxylation is 1. The number of benzene rings is 1. The van der Waals surface area contributed by atoms with Gasteiger partial charge in [0.1, 0.15) is 0 Å². The second kappa shape index (κ2) is 6.71. The van der Waals surface area contributed by atoms with Crippen LogP contribution in [0.15, 0.2) is 24.3 Å². The molecule has 0 spiro atoms. The Kier molecular flexibility index (Phi) is 5.52. The topological polar surface area (TPSA) is 86.7 Å². The van der Waals surface area contributed by atoms with Gasteiger partial charge in [0.05, 0.1) is 5.69 Å². The van der Waals surface area contributed by atoms with E-state index in [9.17, 15) is 13.2 Å². The van der Waals surface area contributed by atoms with Gasteiger partial charge >= 0.3 is 16.2 Å². The highest BCUT2D eigenvalue weighted by Gasteiger charge is 2.21. The molecule has 0 atom stereocenters. The summed E-state index contributed by atoms with van der Waals surface area (Å²) in [5.41, 5.74) is 1.08. The highest BCUT2D eigenvalue weighted by Crippen LogP contribution is 2.19. The number of nitrogens with zero attached hydrogens (tertiary/aromatic N) is 1. The number of aliphatic carboxylic acids is 1. The van der Waals surface area contributed by atoms with Crippen molar-refractivity contribution in [2.45, 2.75) is 32.7 Å². The first-order chi connectivity index (χ1) is 9.24. The second-order valence-corrected chi connectivity index (χ2v) is 6.50. The van der Waals surface area contributed by atoms with Crippen LogP contribution in [0.1, 0.15) is 25.8 Å². The van der Waals surface area contributed by atoms with E-state index in [-0.39, 0.29) is 18.9 Å². The Morgan fingerprint density at radius 3 is 2.50 bits per heavy atom. The molecule has 0 saturated heterocycles. The van der Waals surface area contributed by atoms with Crippen molar-refractivity contribution in [3.8, 4) is 0 Å². The molecule has 0 radical (unpaired) electrons. The summed E-state index contributed by atoms with van der Waals surface area (Å²) in [4.78, 5) is 10.6. The molecule has 0 aromatic heterocycles. The van der Waals surface area contributed by atoms with Crippen LogP contribution in [0.5, 0.6) is 0 Å². The molecule has 0 heterocycles. The van der Waals surface area contributed by atoms with Gasteiger partial charge in [0, 0.05) is 19.5 Å². The molecule has 0 aliphatic carbocycles. The van der Waals surface area contributed by atoms with Crippen molar-refractivity contribution in [3.63, 3.8) is 0 Å². The average Bonchev–Trinajstić information content (AvgIpc) is 2.36. The molecule has 2 N–H and O–H groups in total. The van der Waals surface area contributed by atoms with Gasteiger partial charge in [0.25, 0.3) is 0 Å². The SMILES string of the molecule is CC(C)N(C)S(=O)(=O)Nc1ccccc1CCC(=O)O. The lowest BCUT2D eigenvalue weighted by Crippen LogP contribution is -2.37. The molecule has 0 bridgehead atoms. The molecule has 0 unspecified atom stereocenters. The zero-order valence-electron chi connectivity index (χ0n) is 11.8. The normalized spacial score (nSPS) is 11.8. The van der Waals surface area contributed by atoms with Crippen LogP contribution in [-0.4, -0.2) is 36.9 Å². The summed E-state index contributed by atoms with van der Waals surface area (Å²) in [7, 11) is -2.14. The summed E-state index contributed by atoms with van der Waals surface area (Å²) in [6, 6.07) is 6.64. The summed E-state index contributed by atoms with van der Waals surface area (Å²) in [5.74, 6) is -0.915. The fraction of sp³-hybridized carbons (Fsp3) is 0.462. The van der Waals surface area contributed by atoms with Gasteiger partial charge in [-0.1, -0.05) is 18.2 Å². The Hall–Kier alpha value is -1.60. The Bertz CT molecular complexity index is 569. The van der Waals surface area contributed by atoms with E-state index in [2.05, 4.69) is 4.72 Å². The fourth-order valence-corrected chi connectivity index (χ4v) is 2.74. The van der Waals surface area contributed by atoms with Gasteiger partial charge in [-0.15, -0.1) is 0 Å². The van der Waals surface area contributed by atoms with E-state index >= 15 is 0 Å². The Morgan fingerprint density at radius 2 is 1.95 bits per heavy atom. The minimum absolute atomic E-state index is 0.0429. The van der Waals surface area contributed by atoms with Crippen molar-refractivity contribution < 1.29 is 18.3 Å². The van der Waals surface area contributed by atoms with E-state index in [0.717, 1.165) is 0 Å². The average molecular weight is 300 g/mol. The van der Waals surface area contributed by atoms with Gasteiger partial charge < -0.3 is 5.11 Å². The summed E-state index contributed by atoms with van der Waals surface area (Å²) in [6.07, 6.45) is 0.234. The third-order valence-corrected chi connectivity index (χ3v) is 4.63. The molecule has 6 nitrogen and oxygen atoms in total. The largest absolute Gasteiger partial charge is 0.481 e. The number of nitrogens with one attached hydrogen (secondary N) is 1. The van der Waals surface area contributed by atoms with Crippen molar-refractivity contribution in [2.24, 2.45) is 0 Å². The lowest BCUT2D eigenvalue weighted by Gasteiger charge is -2.22. The smallest absolute Gasteiger partial charge is 0.303 e. The van der Waals surface area contributed by atoms with Gasteiger partial charge in [-0.25, -0.2) is 0 Å². The molecule has 0 saturated carbocycles. The first-order valence-electron chi connectivity index (χ1n) is 6.29. The minimum atomic E-state index is -3.64. The van der Waals surface area contributed by atoms with Crippen LogP contribution in [0.25, 0.3) is 0 Å². The van der Waals surface area contributed by atoms with Crippen LogP contribution in [0, 0.1) is 0 Å². The van der Waals surface area contributed by atoms with Crippen molar-refractivity contribution in [1.29, 1.82) is 0 Å². The number of carboxylic acid groups (broad SMARTS) is 1. The maximum atomic E-state index is 12.1. The molecule has 112 valence electrons. The van der Waals surface area contributed by atoms with Crippen LogP contribution in [-0.2, 0) is 21.4 Å². The van der Waals surface area contributed by atoms with E-state index < -0.39 is 16.2 Å². The van der Waals surface area contributed by atoms with Gasteiger partial charge in [0.15, 0.2) is 0 Å². The second-order valence-electron chi connectivity index (χ2n) is 4.77. The van der Waals surface area contributed by atoms with Gasteiger partial charge in [-0.05, 0) is 31.9 Å². The zero-order valence-corrected chi connectivity index (χ0v) is 12.6. The lowest BCUT2D eigenvalue weighted by atomic mass is 10.1. The predicted octanol–water partition coefficient (Wildman–Crippen LogP) is 1.70. The van der Waals surface area contributed by atoms with Gasteiger partial charge in [-0.2, -0.15) is 12.7 Å². The first kappa shape index (κ1) is 16.5. The van der Waals surface area contributed by atoms with E-state index in [4.69, 9.17) is 5.11 Å². The molecular formula is C13H20N2O4S. The number of carboxylic acids is 1. The monoisotopic (exact) mass is 300 g/mol. The number of carbonyl (C=O) groups is 1. The van der Waals surface area contributed by atoms with E-state index in [1.54, 1.807) is 38.1 Å². The molecule has 20 heavy (non-hydrogen) atoms. The molecule has 1 aromatic rings. The van der Waals surface area contributed by atoms with Crippen LogP contribution < -0.4 is 4.72 Å². The third kappa shape index (κ3) is 4.50. The first-order valence-corrected chi connectivity index (χ1v) is 7.73. The van der Waals surface area contributed by atoms with Crippen LogP contribution in [0.3, 0.4) is 0 Å². The van der Waals surface area contributed by atoms with Crippen molar-refractivity contribution in [2.75, 3.05) is 11.8 Å². The predicted molar refractivity (Wildman–Crippen MR) is 77.8 cm³/mol. The Morgan fingerprint density at radius 1 is 1.35 bits per heavy atom. The molecule has 0 aliphatic heterocycles. The molecule has 7 heteroatoms. The van der Waals surface area contributed by atoms with E-state index in [1.807, 2.05) is 0 Å². The molecule has 1 aromatic carbocycles. The molecule has 0 fully saturated rings. The third-order valence-electron chi connectivity index (χ3n) is 2.97. The zero-order chi connectivity index (χ0) is 15.3. The summed E-state index contributed by atoms with van der Waals surface area (Å²) in [5, 5.41) is 8.71. The van der Waals surface area contributed by atoms with Crippen LogP contribution in [0.2, 0.25) is 0 Å². The highest BCUT2D eigenvalue weighted by atomic mass is 32.2. The van der Waals surface area contributed by atoms with Gasteiger partial charge in [0.2, 0.25) is 0 Å². The number of para-hydroxylation sites is 1. The Labute approximate surface area is 119 Å². The Balaban J connectivity index is 2.95. The number of hydrogen-bond acceptors (Lipinski definition) is 3. The molecular weight excluding hydrogens is 280 g/mol. The maximum absolute atomic E-state index is 12.1. The maximum Gasteiger partial charge on any atom is 0.303 e. The fourth-order valence-electron chi connectivity index (χ4n) is 1.57. The lowest BCUT2D eigenvalue weighted by molar-refractivity contribution is -0.136. The summed E-state index contributed by atoms with van der Waals surface area (Å²) >= 11 is 0. The van der Waals surface area contributed by atoms with Gasteiger partial charge in [-0.3, -0.25) is 9.52 Å². The molecule has 0 amide bonds. The van der Waals surface area contributed by atoms with Crippen molar-refractivity contribution >= 4 is 21.9 Å². The van der Waals surface area contributed by atoms with Crippen LogP contribution in [0.4, 0.5) is 5.69 Å². The standard InChI is InChI=1S/C13H20N2O4S/c1-10(2)15(3)20(18,19)14-12-7-5-4-6-11(12)8-9-13(16)17/h4-7,10,14H,8-9H2,1-3H3,(H,16,17). The number of anilines is 1. The quantitative estimate of drug-likeness (QED) is 0.802. The van der Waals surface area contributed by atoms with E-state index in [1.165, 1.54) is 11.4 Å². The number of rotatable bonds is 7. The van der Waals surface area contributed by atoms with E-state index in [0.29, 0.717) is 11.3 Å². The number of hydrogen-bond donors (Lipinski definition) is 2. The van der Waals surface area contributed by atoms with Crippen LogP contribution >= 0.6 is 0 Å². The minimum Gasteiger partial charge on any atom is -0.481 e. The summed E-state index contributed by atoms with van der Waals surface area (Å²) in [6.45, 7) is 3.55. The highest BCUT2D eigenvalue weighted by molar-refractivity contribution is 7.90.